The fourth-order valence-electron chi connectivity index (χ4n) is 1.88. The highest BCUT2D eigenvalue weighted by Gasteiger charge is 2.34. The molecule has 0 amide bonds. The van der Waals surface area contributed by atoms with E-state index in [0.29, 0.717) is 11.6 Å². The summed E-state index contributed by atoms with van der Waals surface area (Å²) in [7, 11) is 0. The molecule has 1 aromatic carbocycles. The standard InChI is InChI=1S/C13H7F3N2O2/c1-6-2-10(12(19)20)18-11-8(6)3-7(5-17)4-9(11)13(14,15)16/h2-4H,1H3,(H,19,20). The number of pyridine rings is 1. The van der Waals surface area contributed by atoms with Gasteiger partial charge in [-0.25, -0.2) is 9.78 Å². The second kappa shape index (κ2) is 4.49. The van der Waals surface area contributed by atoms with Gasteiger partial charge in [-0.3, -0.25) is 0 Å². The number of halogens is 3. The lowest BCUT2D eigenvalue weighted by Gasteiger charge is -2.12. The smallest absolute Gasteiger partial charge is 0.418 e. The third-order valence-corrected chi connectivity index (χ3v) is 2.77. The van der Waals surface area contributed by atoms with Crippen LogP contribution in [-0.4, -0.2) is 16.1 Å². The van der Waals surface area contributed by atoms with Crippen molar-refractivity contribution in [2.45, 2.75) is 13.1 Å². The molecule has 1 aromatic heterocycles. The highest BCUT2D eigenvalue weighted by atomic mass is 19.4. The largest absolute Gasteiger partial charge is 0.477 e. The van der Waals surface area contributed by atoms with E-state index in [9.17, 15) is 18.0 Å². The fourth-order valence-corrected chi connectivity index (χ4v) is 1.88. The molecule has 0 aliphatic rings. The van der Waals surface area contributed by atoms with Crippen LogP contribution in [-0.2, 0) is 6.18 Å². The molecule has 2 rings (SSSR count). The molecule has 0 spiro atoms. The quantitative estimate of drug-likeness (QED) is 0.870. The van der Waals surface area contributed by atoms with E-state index in [-0.39, 0.29) is 10.9 Å². The van der Waals surface area contributed by atoms with E-state index in [1.165, 1.54) is 19.1 Å². The Morgan fingerprint density at radius 2 is 2.00 bits per heavy atom. The Bertz CT molecular complexity index is 761. The topological polar surface area (TPSA) is 74.0 Å². The maximum Gasteiger partial charge on any atom is 0.418 e. The van der Waals surface area contributed by atoms with E-state index in [4.69, 9.17) is 10.4 Å². The first-order valence-corrected chi connectivity index (χ1v) is 5.40. The van der Waals surface area contributed by atoms with Crippen LogP contribution in [0.5, 0.6) is 0 Å². The number of carboxylic acid groups (broad SMARTS) is 1. The van der Waals surface area contributed by atoms with Crippen LogP contribution in [0, 0.1) is 18.3 Å². The van der Waals surface area contributed by atoms with Crippen molar-refractivity contribution in [3.63, 3.8) is 0 Å². The average Bonchev–Trinajstić information content (AvgIpc) is 2.36. The Morgan fingerprint density at radius 1 is 1.35 bits per heavy atom. The van der Waals surface area contributed by atoms with Crippen LogP contribution < -0.4 is 0 Å². The number of hydrogen-bond donors (Lipinski definition) is 1. The van der Waals surface area contributed by atoms with Gasteiger partial charge in [-0.05, 0) is 30.7 Å². The van der Waals surface area contributed by atoms with Crippen molar-refractivity contribution in [3.05, 3.63) is 40.6 Å². The molecule has 0 fully saturated rings. The maximum absolute atomic E-state index is 13.0. The van der Waals surface area contributed by atoms with E-state index in [2.05, 4.69) is 4.98 Å². The Hall–Kier alpha value is -2.62. The predicted molar refractivity (Wildman–Crippen MR) is 63.2 cm³/mol. The van der Waals surface area contributed by atoms with Gasteiger partial charge in [-0.1, -0.05) is 0 Å². The van der Waals surface area contributed by atoms with Crippen molar-refractivity contribution in [1.82, 2.24) is 4.98 Å². The van der Waals surface area contributed by atoms with Gasteiger partial charge in [-0.2, -0.15) is 18.4 Å². The number of rotatable bonds is 1. The van der Waals surface area contributed by atoms with Crippen LogP contribution in [0.2, 0.25) is 0 Å². The summed E-state index contributed by atoms with van der Waals surface area (Å²) >= 11 is 0. The lowest BCUT2D eigenvalue weighted by Crippen LogP contribution is -2.10. The number of aryl methyl sites for hydroxylation is 1. The van der Waals surface area contributed by atoms with Gasteiger partial charge in [0.05, 0.1) is 22.7 Å². The molecule has 2 aromatic rings. The van der Waals surface area contributed by atoms with Crippen molar-refractivity contribution in [2.75, 3.05) is 0 Å². The summed E-state index contributed by atoms with van der Waals surface area (Å²) in [6.07, 6.45) is -4.72. The summed E-state index contributed by atoms with van der Waals surface area (Å²) in [5, 5.41) is 17.8. The van der Waals surface area contributed by atoms with Crippen LogP contribution in [0.15, 0.2) is 18.2 Å². The minimum atomic E-state index is -4.72. The molecule has 1 heterocycles. The lowest BCUT2D eigenvalue weighted by molar-refractivity contribution is -0.136. The van der Waals surface area contributed by atoms with Gasteiger partial charge in [0.2, 0.25) is 0 Å². The number of alkyl halides is 3. The maximum atomic E-state index is 13.0. The molecular weight excluding hydrogens is 273 g/mol. The van der Waals surface area contributed by atoms with E-state index >= 15 is 0 Å². The Morgan fingerprint density at radius 3 is 2.50 bits per heavy atom. The molecule has 0 aliphatic heterocycles. The number of nitriles is 1. The Labute approximate surface area is 111 Å². The van der Waals surface area contributed by atoms with Crippen LogP contribution in [0.25, 0.3) is 10.9 Å². The monoisotopic (exact) mass is 280 g/mol. The minimum absolute atomic E-state index is 0.112. The molecule has 0 bridgehead atoms. The van der Waals surface area contributed by atoms with Crippen molar-refractivity contribution >= 4 is 16.9 Å². The predicted octanol–water partition coefficient (Wildman–Crippen LogP) is 3.13. The molecule has 0 aliphatic carbocycles. The van der Waals surface area contributed by atoms with Gasteiger partial charge in [0.1, 0.15) is 5.69 Å². The Balaban J connectivity index is 2.96. The first kappa shape index (κ1) is 13.8. The summed E-state index contributed by atoms with van der Waals surface area (Å²) < 4.78 is 39.0. The van der Waals surface area contributed by atoms with Crippen molar-refractivity contribution in [2.24, 2.45) is 0 Å². The highest BCUT2D eigenvalue weighted by molar-refractivity contribution is 5.93. The first-order valence-electron chi connectivity index (χ1n) is 5.40. The van der Waals surface area contributed by atoms with Crippen molar-refractivity contribution < 1.29 is 23.1 Å². The lowest BCUT2D eigenvalue weighted by atomic mass is 10.0. The fraction of sp³-hybridized carbons (Fsp3) is 0.154. The number of hydrogen-bond acceptors (Lipinski definition) is 3. The number of fused-ring (bicyclic) bond motifs is 1. The van der Waals surface area contributed by atoms with Crippen molar-refractivity contribution in [3.8, 4) is 6.07 Å². The molecule has 20 heavy (non-hydrogen) atoms. The molecule has 0 radical (unpaired) electrons. The third kappa shape index (κ3) is 2.28. The molecule has 7 heteroatoms. The Kier molecular flexibility index (Phi) is 3.10. The van der Waals surface area contributed by atoms with Crippen molar-refractivity contribution in [1.29, 1.82) is 5.26 Å². The number of aromatic nitrogens is 1. The molecule has 102 valence electrons. The van der Waals surface area contributed by atoms with Crippen LogP contribution in [0.3, 0.4) is 0 Å². The van der Waals surface area contributed by atoms with Crippen LogP contribution in [0.1, 0.15) is 27.2 Å². The molecule has 4 nitrogen and oxygen atoms in total. The number of carbonyl (C=O) groups is 1. The summed E-state index contributed by atoms with van der Waals surface area (Å²) in [5.74, 6) is -1.41. The van der Waals surface area contributed by atoms with Gasteiger partial charge < -0.3 is 5.11 Å². The zero-order chi connectivity index (χ0) is 15.1. The third-order valence-electron chi connectivity index (χ3n) is 2.77. The number of nitrogens with zero attached hydrogens (tertiary/aromatic N) is 2. The summed E-state index contributed by atoms with van der Waals surface area (Å²) in [6, 6.07) is 4.75. The van der Waals surface area contributed by atoms with Crippen LogP contribution >= 0.6 is 0 Å². The molecule has 0 saturated carbocycles. The summed E-state index contributed by atoms with van der Waals surface area (Å²) in [4.78, 5) is 14.4. The molecule has 0 unspecified atom stereocenters. The van der Waals surface area contributed by atoms with Gasteiger partial charge in [-0.15, -0.1) is 0 Å². The zero-order valence-corrected chi connectivity index (χ0v) is 10.1. The minimum Gasteiger partial charge on any atom is -0.477 e. The summed E-state index contributed by atoms with van der Waals surface area (Å²) in [6.45, 7) is 1.47. The molecule has 1 N–H and O–H groups in total. The van der Waals surface area contributed by atoms with E-state index in [0.717, 1.165) is 0 Å². The number of carboxylic acids is 1. The van der Waals surface area contributed by atoms with Gasteiger partial charge in [0.15, 0.2) is 0 Å². The SMILES string of the molecule is Cc1cc(C(=O)O)nc2c(C(F)(F)F)cc(C#N)cc12. The van der Waals surface area contributed by atoms with E-state index < -0.39 is 28.9 Å². The molecular formula is C13H7F3N2O2. The second-order valence-corrected chi connectivity index (χ2v) is 4.16. The molecule has 0 atom stereocenters. The first-order chi connectivity index (χ1) is 9.24. The van der Waals surface area contributed by atoms with Gasteiger partial charge in [0.25, 0.3) is 0 Å². The normalized spacial score (nSPS) is 11.3. The second-order valence-electron chi connectivity index (χ2n) is 4.16. The summed E-state index contributed by atoms with van der Waals surface area (Å²) in [5.41, 5.74) is -1.88. The number of benzene rings is 1. The van der Waals surface area contributed by atoms with Gasteiger partial charge >= 0.3 is 12.1 Å². The highest BCUT2D eigenvalue weighted by Crippen LogP contribution is 2.35. The van der Waals surface area contributed by atoms with E-state index in [1.807, 2.05) is 0 Å². The van der Waals surface area contributed by atoms with Crippen LogP contribution in [0.4, 0.5) is 13.2 Å². The number of aromatic carboxylic acids is 1. The molecule has 0 saturated heterocycles. The van der Waals surface area contributed by atoms with Gasteiger partial charge in [0, 0.05) is 5.39 Å². The average molecular weight is 280 g/mol. The zero-order valence-electron chi connectivity index (χ0n) is 10.1. The van der Waals surface area contributed by atoms with E-state index in [1.54, 1.807) is 6.07 Å².